The van der Waals surface area contributed by atoms with Crippen LogP contribution in [0.25, 0.3) is 128 Å². The van der Waals surface area contributed by atoms with Crippen molar-refractivity contribution < 1.29 is 67.1 Å². The molecule has 0 bridgehead atoms. The Morgan fingerprint density at radius 1 is 0.149 bits per heavy atom. The van der Waals surface area contributed by atoms with Gasteiger partial charge in [-0.1, -0.05) is 479 Å². The molecule has 32 unspecified atom stereocenters. The van der Waals surface area contributed by atoms with Crippen molar-refractivity contribution in [3.8, 4) is 0 Å². The van der Waals surface area contributed by atoms with Gasteiger partial charge in [0, 0.05) is 0 Å². The van der Waals surface area contributed by atoms with Crippen LogP contribution in [0.5, 0.6) is 0 Å². The molecular formula is C120H196Co4N24-16. The Morgan fingerprint density at radius 3 is 0.493 bits per heavy atom. The van der Waals surface area contributed by atoms with Crippen molar-refractivity contribution in [1.82, 2.24) is 0 Å². The van der Waals surface area contributed by atoms with Gasteiger partial charge in [-0.2, -0.15) is 187 Å². The molecule has 23 fully saturated rings. The third-order valence-corrected chi connectivity index (χ3v) is 40.7. The summed E-state index contributed by atoms with van der Waals surface area (Å²) in [5, 5.41) is 128. The fourth-order valence-electron chi connectivity index (χ4n) is 32.5. The SMILES string of the molecule is C1=CC[N-]C(C2CCCC(C3CC(C4CCCC(C5CCCC[N-]5)[N-]4)[N-]C(C4CCCCC4)[N-]3)[N-]2)=C1.C1CCC(C2[N-]C(C3CCCC(C4CCCC[N-]4)[N-]3)CC(C3CCCC(C4CCCC[N-]4)[N-]3)[N-]2)CC1.C1CCC(C2[N-]C(C3CCCC(C4CCCC[N-]4)[N-]3)CC(C3CCCC(C4CCCC[N-]4)[N-]3)[N-]2)CC1.C1CCC(C2[N-]C(C3CCCC(C4CCCC[N-]4)[N-]3)CC(C3CCCC(C4CCCC[N-]4)[N-]3)[N-]2)CC1.[Co+2].[Co+2].[Co+2].[Co+2]. The van der Waals surface area contributed by atoms with Gasteiger partial charge in [0.1, 0.15) is 0 Å². The van der Waals surface area contributed by atoms with Crippen LogP contribution >= 0.6 is 0 Å². The fourth-order valence-corrected chi connectivity index (χ4v) is 32.5. The van der Waals surface area contributed by atoms with E-state index in [1.165, 1.54) is 417 Å². The minimum absolute atomic E-state index is 0. The minimum atomic E-state index is 0. The molecule has 0 spiro atoms. The number of allylic oxidation sites excluding steroid dienone is 2. The minimum Gasteiger partial charge on any atom is -0.686 e. The van der Waals surface area contributed by atoms with Crippen LogP contribution in [0.2, 0.25) is 0 Å². The largest absolute Gasteiger partial charge is 2.00 e. The predicted molar refractivity (Wildman–Crippen MR) is 602 cm³/mol. The van der Waals surface area contributed by atoms with Crippen molar-refractivity contribution in [3.05, 3.63) is 152 Å². The molecule has 0 aromatic rings. The number of hydrogen-bond donors (Lipinski definition) is 0. The second kappa shape index (κ2) is 62.7. The zero-order chi connectivity index (χ0) is 96.6. The number of hydrogen-bond acceptors (Lipinski definition) is 0. The zero-order valence-corrected chi connectivity index (χ0v) is 95.4. The summed E-state index contributed by atoms with van der Waals surface area (Å²) in [5.41, 5.74) is 1.18. The first-order valence-corrected chi connectivity index (χ1v) is 63.2. The first kappa shape index (κ1) is 119. The summed E-state index contributed by atoms with van der Waals surface area (Å²) in [4.78, 5) is 0. The summed E-state index contributed by atoms with van der Waals surface area (Å²) < 4.78 is 0. The molecule has 24 nitrogen and oxygen atoms in total. The summed E-state index contributed by atoms with van der Waals surface area (Å²) in [6, 6.07) is 12.4. The summed E-state index contributed by atoms with van der Waals surface area (Å²) in [7, 11) is 0. The van der Waals surface area contributed by atoms with Crippen LogP contribution in [0, 0.1) is 23.7 Å². The Hall–Kier alpha value is 0.386. The van der Waals surface area contributed by atoms with Crippen LogP contribution in [-0.4, -0.2) is 264 Å². The van der Waals surface area contributed by atoms with E-state index < -0.39 is 0 Å². The smallest absolute Gasteiger partial charge is 0.686 e. The van der Waals surface area contributed by atoms with Gasteiger partial charge in [-0.15, -0.1) is 64.5 Å². The van der Waals surface area contributed by atoms with Gasteiger partial charge in [0.25, 0.3) is 0 Å². The Morgan fingerprint density at radius 2 is 0.318 bits per heavy atom. The molecule has 0 amide bonds. The average molecular weight is 2210 g/mol. The molecule has 4 radical (unpaired) electrons. The van der Waals surface area contributed by atoms with Crippen LogP contribution in [0.15, 0.2) is 23.9 Å². The molecule has 4 saturated carbocycles. The third kappa shape index (κ3) is 33.4. The number of nitrogens with zero attached hydrogens (tertiary/aromatic N) is 24. The summed E-state index contributed by atoms with van der Waals surface area (Å²) in [6.07, 6.45) is 95.1. The Kier molecular flexibility index (Phi) is 50.6. The summed E-state index contributed by atoms with van der Waals surface area (Å²) in [5.74, 6) is 2.61. The molecule has 0 aromatic heterocycles. The van der Waals surface area contributed by atoms with Crippen molar-refractivity contribution >= 4 is 0 Å². The predicted octanol–water partition coefficient (Wildman–Crippen LogP) is 32.8. The van der Waals surface area contributed by atoms with E-state index in [1.807, 2.05) is 0 Å². The summed E-state index contributed by atoms with van der Waals surface area (Å²) >= 11 is 0. The van der Waals surface area contributed by atoms with Crippen LogP contribution in [-0.2, 0) is 67.1 Å². The molecule has 0 aromatic carbocycles. The van der Waals surface area contributed by atoms with Crippen molar-refractivity contribution in [1.29, 1.82) is 0 Å². The Balaban J connectivity index is 0.000000133. The third-order valence-electron chi connectivity index (χ3n) is 40.7. The first-order valence-electron chi connectivity index (χ1n) is 63.2. The number of piperidine rings is 15. The maximum atomic E-state index is 5.51. The van der Waals surface area contributed by atoms with Gasteiger partial charge >= 0.3 is 67.1 Å². The summed E-state index contributed by atoms with van der Waals surface area (Å²) in [6.45, 7) is 8.17. The monoisotopic (exact) mass is 2210 g/mol. The van der Waals surface area contributed by atoms with Gasteiger partial charge < -0.3 is 128 Å². The van der Waals surface area contributed by atoms with E-state index in [4.69, 9.17) is 128 Å². The second-order valence-electron chi connectivity index (χ2n) is 50.7. The van der Waals surface area contributed by atoms with Crippen LogP contribution in [0.1, 0.15) is 443 Å². The van der Waals surface area contributed by atoms with Crippen LogP contribution in [0.3, 0.4) is 0 Å². The van der Waals surface area contributed by atoms with Gasteiger partial charge in [-0.05, 0) is 0 Å². The van der Waals surface area contributed by atoms with Gasteiger partial charge in [0.2, 0.25) is 0 Å². The van der Waals surface area contributed by atoms with E-state index in [1.54, 1.807) is 0 Å². The molecular weight excluding hydrogens is 2010 g/mol. The van der Waals surface area contributed by atoms with Gasteiger partial charge in [-0.25, -0.2) is 24.7 Å². The molecule has 19 saturated heterocycles. The van der Waals surface area contributed by atoms with Crippen LogP contribution in [0.4, 0.5) is 0 Å². The second-order valence-corrected chi connectivity index (χ2v) is 50.7. The van der Waals surface area contributed by atoms with E-state index in [2.05, 4.69) is 18.2 Å². The normalized spacial score (nSPS) is 43.9. The van der Waals surface area contributed by atoms with E-state index in [0.29, 0.717) is 205 Å². The molecule has 4 aliphatic carbocycles. The molecule has 0 N–H and O–H groups in total. The van der Waals surface area contributed by atoms with Crippen molar-refractivity contribution in [2.45, 2.75) is 655 Å². The first-order chi connectivity index (χ1) is 71.3. The van der Waals surface area contributed by atoms with Crippen molar-refractivity contribution in [2.24, 2.45) is 23.7 Å². The van der Waals surface area contributed by atoms with Gasteiger partial charge in [-0.3, -0.25) is 0 Å². The molecule has 20 aliphatic heterocycles. The van der Waals surface area contributed by atoms with Crippen molar-refractivity contribution in [2.75, 3.05) is 52.4 Å². The molecule has 148 heavy (non-hydrogen) atoms. The van der Waals surface area contributed by atoms with Crippen molar-refractivity contribution in [3.63, 3.8) is 0 Å². The maximum absolute atomic E-state index is 5.51. The standard InChI is InChI=1S/3C30H50N6.C30H46N6.4Co/c4*1-2-10-21(11-3-1)30-35-28(26-16-8-14-24(33-26)22-12-4-6-18-31-22)20-29(36-30)27-17-9-15-25(34-27)23-13-5-7-19-32-23;;;;/h3*21-30H,1-20H2;4,6,12,21,23-30H,1-3,5,7-11,13-20H2;;;;/q4*-6;4*+2. The quantitative estimate of drug-likeness (QED) is 0.110. The Bertz CT molecular complexity index is 3270. The van der Waals surface area contributed by atoms with E-state index >= 15 is 0 Å². The topological polar surface area (TPSA) is 338 Å². The molecule has 24 rings (SSSR count). The van der Waals surface area contributed by atoms with E-state index in [9.17, 15) is 0 Å². The molecule has 20 heterocycles. The molecule has 28 heteroatoms. The molecule has 32 atom stereocenters. The molecule has 24 aliphatic rings. The molecule has 848 valence electrons. The average Bonchev–Trinajstić information content (AvgIpc) is 0.799. The van der Waals surface area contributed by atoms with Gasteiger partial charge in [0.05, 0.1) is 0 Å². The van der Waals surface area contributed by atoms with Crippen LogP contribution < -0.4 is 0 Å². The maximum Gasteiger partial charge on any atom is 2.00 e. The van der Waals surface area contributed by atoms with E-state index in [0.717, 1.165) is 84.5 Å². The number of rotatable bonds is 20. The fraction of sp³-hybridized carbons (Fsp3) is 0.967. The van der Waals surface area contributed by atoms with Gasteiger partial charge in [0.15, 0.2) is 0 Å². The van der Waals surface area contributed by atoms with E-state index in [-0.39, 0.29) is 97.8 Å². The zero-order valence-electron chi connectivity index (χ0n) is 91.3. The Labute approximate surface area is 942 Å².